The van der Waals surface area contributed by atoms with Gasteiger partial charge in [-0.15, -0.1) is 0 Å². The molecule has 0 amide bonds. The number of anilines is 1. The van der Waals surface area contributed by atoms with Crippen LogP contribution in [-0.2, 0) is 16.0 Å². The summed E-state index contributed by atoms with van der Waals surface area (Å²) >= 11 is 0. The second-order valence-corrected chi connectivity index (χ2v) is 6.21. The molecule has 0 saturated carbocycles. The molecule has 0 spiro atoms. The smallest absolute Gasteiger partial charge is 0.311 e. The molecule has 2 heterocycles. The first-order valence-corrected chi connectivity index (χ1v) is 7.85. The molecule has 2 aliphatic rings. The van der Waals surface area contributed by atoms with Crippen LogP contribution in [-0.4, -0.2) is 37.4 Å². The number of rotatable bonds is 3. The van der Waals surface area contributed by atoms with Gasteiger partial charge in [-0.3, -0.25) is 4.79 Å². The van der Waals surface area contributed by atoms with E-state index in [0.717, 1.165) is 19.4 Å². The van der Waals surface area contributed by atoms with Gasteiger partial charge in [-0.2, -0.15) is 0 Å². The SMILES string of the molecule is O=C(O)C1(CN2CCCCc3ccccc32)CCOCC1. The lowest BCUT2D eigenvalue weighted by Gasteiger charge is -2.38. The summed E-state index contributed by atoms with van der Waals surface area (Å²) in [5.41, 5.74) is 1.92. The quantitative estimate of drug-likeness (QED) is 0.929. The molecule has 0 atom stereocenters. The van der Waals surface area contributed by atoms with Crippen LogP contribution in [0.25, 0.3) is 0 Å². The number of hydrogen-bond acceptors (Lipinski definition) is 3. The van der Waals surface area contributed by atoms with Crippen molar-refractivity contribution in [3.05, 3.63) is 29.8 Å². The number of fused-ring (bicyclic) bond motifs is 1. The standard InChI is InChI=1S/C17H23NO3/c19-16(20)17(8-11-21-12-9-17)13-18-10-4-3-6-14-5-1-2-7-15(14)18/h1-2,5,7H,3-4,6,8-13H2,(H,19,20). The van der Waals surface area contributed by atoms with Crippen molar-refractivity contribution in [2.45, 2.75) is 32.1 Å². The van der Waals surface area contributed by atoms with Crippen molar-refractivity contribution in [1.29, 1.82) is 0 Å². The number of carboxylic acid groups (broad SMARTS) is 1. The highest BCUT2D eigenvalue weighted by molar-refractivity contribution is 5.76. The molecule has 1 aromatic carbocycles. The molecule has 0 unspecified atom stereocenters. The van der Waals surface area contributed by atoms with E-state index in [4.69, 9.17) is 4.74 Å². The van der Waals surface area contributed by atoms with Gasteiger partial charge in [0.15, 0.2) is 0 Å². The Kier molecular flexibility index (Phi) is 4.15. The van der Waals surface area contributed by atoms with Gasteiger partial charge in [-0.05, 0) is 43.7 Å². The number of hydrogen-bond donors (Lipinski definition) is 1. The monoisotopic (exact) mass is 289 g/mol. The van der Waals surface area contributed by atoms with Crippen LogP contribution >= 0.6 is 0 Å². The van der Waals surface area contributed by atoms with Gasteiger partial charge >= 0.3 is 5.97 Å². The Hall–Kier alpha value is -1.55. The second kappa shape index (κ2) is 6.06. The number of aliphatic carboxylic acids is 1. The minimum Gasteiger partial charge on any atom is -0.481 e. The van der Waals surface area contributed by atoms with Crippen LogP contribution in [0.3, 0.4) is 0 Å². The molecular weight excluding hydrogens is 266 g/mol. The maximum absolute atomic E-state index is 11.9. The van der Waals surface area contributed by atoms with Crippen molar-refractivity contribution in [1.82, 2.24) is 0 Å². The van der Waals surface area contributed by atoms with Gasteiger partial charge in [-0.25, -0.2) is 0 Å². The third-order valence-electron chi connectivity index (χ3n) is 4.85. The fraction of sp³-hybridized carbons (Fsp3) is 0.588. The highest BCUT2D eigenvalue weighted by atomic mass is 16.5. The summed E-state index contributed by atoms with van der Waals surface area (Å²) in [6.07, 6.45) is 4.62. The van der Waals surface area contributed by atoms with E-state index < -0.39 is 11.4 Å². The largest absolute Gasteiger partial charge is 0.481 e. The molecule has 1 aromatic rings. The van der Waals surface area contributed by atoms with E-state index in [1.165, 1.54) is 17.7 Å². The van der Waals surface area contributed by atoms with Crippen LogP contribution in [0, 0.1) is 5.41 Å². The zero-order chi connectivity index (χ0) is 14.7. The first kappa shape index (κ1) is 14.4. The first-order valence-electron chi connectivity index (χ1n) is 7.85. The van der Waals surface area contributed by atoms with E-state index in [1.54, 1.807) is 0 Å². The van der Waals surface area contributed by atoms with E-state index in [1.807, 2.05) is 0 Å². The molecule has 0 bridgehead atoms. The minimum atomic E-state index is -0.674. The van der Waals surface area contributed by atoms with Crippen molar-refractivity contribution < 1.29 is 14.6 Å². The van der Waals surface area contributed by atoms with Crippen molar-refractivity contribution in [2.24, 2.45) is 5.41 Å². The van der Waals surface area contributed by atoms with E-state index in [-0.39, 0.29) is 0 Å². The molecule has 114 valence electrons. The maximum Gasteiger partial charge on any atom is 0.311 e. The van der Waals surface area contributed by atoms with Crippen molar-refractivity contribution in [3.63, 3.8) is 0 Å². The van der Waals surface area contributed by atoms with Gasteiger partial charge in [0.2, 0.25) is 0 Å². The number of benzene rings is 1. The van der Waals surface area contributed by atoms with Crippen LogP contribution in [0.2, 0.25) is 0 Å². The Labute approximate surface area is 125 Å². The van der Waals surface area contributed by atoms with E-state index in [9.17, 15) is 9.90 Å². The van der Waals surface area contributed by atoms with Crippen LogP contribution in [0.4, 0.5) is 5.69 Å². The lowest BCUT2D eigenvalue weighted by molar-refractivity contribution is -0.154. The summed E-state index contributed by atoms with van der Waals surface area (Å²) in [6.45, 7) is 2.67. The lowest BCUT2D eigenvalue weighted by Crippen LogP contribution is -2.47. The molecule has 2 aliphatic heterocycles. The summed E-state index contributed by atoms with van der Waals surface area (Å²) < 4.78 is 5.38. The third kappa shape index (κ3) is 2.91. The fourth-order valence-corrected chi connectivity index (χ4v) is 3.50. The molecule has 0 aromatic heterocycles. The Morgan fingerprint density at radius 3 is 2.76 bits per heavy atom. The zero-order valence-corrected chi connectivity index (χ0v) is 12.4. The summed E-state index contributed by atoms with van der Waals surface area (Å²) in [6, 6.07) is 8.43. The molecule has 4 nitrogen and oxygen atoms in total. The number of carbonyl (C=O) groups is 1. The van der Waals surface area contributed by atoms with Crippen molar-refractivity contribution in [2.75, 3.05) is 31.2 Å². The summed E-state index contributed by atoms with van der Waals surface area (Å²) in [4.78, 5) is 14.2. The van der Waals surface area contributed by atoms with E-state index in [2.05, 4.69) is 29.2 Å². The molecule has 1 N–H and O–H groups in total. The van der Waals surface area contributed by atoms with Gasteiger partial charge < -0.3 is 14.7 Å². The average Bonchev–Trinajstić information content (AvgIpc) is 2.71. The van der Waals surface area contributed by atoms with Gasteiger partial charge in [0.1, 0.15) is 0 Å². The van der Waals surface area contributed by atoms with Crippen LogP contribution in [0.5, 0.6) is 0 Å². The zero-order valence-electron chi connectivity index (χ0n) is 12.4. The Morgan fingerprint density at radius 1 is 1.24 bits per heavy atom. The Bertz CT molecular complexity index is 509. The number of carboxylic acids is 1. The average molecular weight is 289 g/mol. The summed E-state index contributed by atoms with van der Waals surface area (Å²) in [7, 11) is 0. The van der Waals surface area contributed by atoms with Crippen molar-refractivity contribution in [3.8, 4) is 0 Å². The van der Waals surface area contributed by atoms with Gasteiger partial charge in [0.25, 0.3) is 0 Å². The highest BCUT2D eigenvalue weighted by Crippen LogP contribution is 2.35. The van der Waals surface area contributed by atoms with E-state index in [0.29, 0.717) is 32.6 Å². The molecule has 1 fully saturated rings. The van der Waals surface area contributed by atoms with Crippen LogP contribution in [0.15, 0.2) is 24.3 Å². The lowest BCUT2D eigenvalue weighted by atomic mass is 9.79. The number of aryl methyl sites for hydroxylation is 1. The predicted molar refractivity (Wildman–Crippen MR) is 81.7 cm³/mol. The number of nitrogens with zero attached hydrogens (tertiary/aromatic N) is 1. The van der Waals surface area contributed by atoms with Gasteiger partial charge in [0.05, 0.1) is 5.41 Å². The maximum atomic E-state index is 11.9. The van der Waals surface area contributed by atoms with Crippen LogP contribution in [0.1, 0.15) is 31.2 Å². The fourth-order valence-electron chi connectivity index (χ4n) is 3.50. The van der Waals surface area contributed by atoms with Gasteiger partial charge in [0, 0.05) is 32.0 Å². The molecule has 21 heavy (non-hydrogen) atoms. The topological polar surface area (TPSA) is 49.8 Å². The van der Waals surface area contributed by atoms with Crippen molar-refractivity contribution >= 4 is 11.7 Å². The Morgan fingerprint density at radius 2 is 2.00 bits per heavy atom. The highest BCUT2D eigenvalue weighted by Gasteiger charge is 2.42. The molecule has 0 aliphatic carbocycles. The van der Waals surface area contributed by atoms with Gasteiger partial charge in [-0.1, -0.05) is 18.2 Å². The number of para-hydroxylation sites is 1. The minimum absolute atomic E-state index is 0.557. The molecule has 0 radical (unpaired) electrons. The third-order valence-corrected chi connectivity index (χ3v) is 4.85. The second-order valence-electron chi connectivity index (χ2n) is 6.21. The predicted octanol–water partition coefficient (Wildman–Crippen LogP) is 2.71. The molecule has 1 saturated heterocycles. The summed E-state index contributed by atoms with van der Waals surface area (Å²) in [5.74, 6) is -0.674. The van der Waals surface area contributed by atoms with Crippen LogP contribution < -0.4 is 4.90 Å². The first-order chi connectivity index (χ1) is 10.2. The number of ether oxygens (including phenoxy) is 1. The Balaban J connectivity index is 1.87. The molecular formula is C17H23NO3. The normalized spacial score (nSPS) is 21.4. The summed E-state index contributed by atoms with van der Waals surface area (Å²) in [5, 5.41) is 9.76. The molecule has 4 heteroatoms. The van der Waals surface area contributed by atoms with E-state index >= 15 is 0 Å². The molecule has 3 rings (SSSR count).